The maximum absolute atomic E-state index is 14.2. The van der Waals surface area contributed by atoms with Crippen molar-refractivity contribution >= 4 is 22.5 Å². The number of nitrogens with one attached hydrogen (secondary N) is 2. The minimum atomic E-state index is -0.555. The first-order chi connectivity index (χ1) is 12.6. The van der Waals surface area contributed by atoms with Crippen molar-refractivity contribution in [3.63, 3.8) is 0 Å². The van der Waals surface area contributed by atoms with E-state index in [4.69, 9.17) is 5.26 Å². The van der Waals surface area contributed by atoms with Crippen molar-refractivity contribution in [1.29, 1.82) is 5.26 Å². The van der Waals surface area contributed by atoms with Crippen LogP contribution in [0.15, 0.2) is 49.1 Å². The molecule has 1 unspecified atom stereocenters. The molecule has 0 aliphatic rings. The van der Waals surface area contributed by atoms with Crippen molar-refractivity contribution in [3.8, 4) is 17.3 Å². The minimum Gasteiger partial charge on any atom is -0.361 e. The Labute approximate surface area is 148 Å². The topological polar surface area (TPSA) is 95.2 Å². The van der Waals surface area contributed by atoms with Crippen LogP contribution in [0.4, 0.5) is 16.0 Å². The molecular weight excluding hydrogens is 333 g/mol. The summed E-state index contributed by atoms with van der Waals surface area (Å²) in [5.74, 6) is -0.279. The average molecular weight is 347 g/mol. The van der Waals surface area contributed by atoms with Gasteiger partial charge in [0.1, 0.15) is 11.7 Å². The summed E-state index contributed by atoms with van der Waals surface area (Å²) in [6, 6.07) is 9.37. The van der Waals surface area contributed by atoms with Gasteiger partial charge in [-0.2, -0.15) is 10.4 Å². The van der Waals surface area contributed by atoms with E-state index < -0.39 is 11.9 Å². The molecule has 0 saturated heterocycles. The predicted molar refractivity (Wildman–Crippen MR) is 95.1 cm³/mol. The van der Waals surface area contributed by atoms with E-state index in [-0.39, 0.29) is 11.6 Å². The predicted octanol–water partition coefficient (Wildman–Crippen LogP) is 3.79. The van der Waals surface area contributed by atoms with Gasteiger partial charge in [-0.3, -0.25) is 4.68 Å². The van der Waals surface area contributed by atoms with Gasteiger partial charge in [0.25, 0.3) is 0 Å². The van der Waals surface area contributed by atoms with E-state index >= 15 is 0 Å². The summed E-state index contributed by atoms with van der Waals surface area (Å²) in [5, 5.41) is 17.2. The molecule has 7 nitrogen and oxygen atoms in total. The number of benzene rings is 1. The molecule has 0 bridgehead atoms. The van der Waals surface area contributed by atoms with Gasteiger partial charge in [0, 0.05) is 34.5 Å². The van der Waals surface area contributed by atoms with Gasteiger partial charge in [-0.05, 0) is 31.2 Å². The first kappa shape index (κ1) is 15.8. The molecule has 0 aliphatic heterocycles. The Morgan fingerprint density at radius 2 is 2.19 bits per heavy atom. The zero-order valence-electron chi connectivity index (χ0n) is 13.8. The Morgan fingerprint density at radius 1 is 1.31 bits per heavy atom. The molecule has 3 heterocycles. The van der Waals surface area contributed by atoms with Crippen LogP contribution in [0.5, 0.6) is 0 Å². The number of halogens is 1. The van der Waals surface area contributed by atoms with E-state index in [1.165, 1.54) is 10.9 Å². The van der Waals surface area contributed by atoms with Crippen LogP contribution >= 0.6 is 0 Å². The summed E-state index contributed by atoms with van der Waals surface area (Å²) >= 11 is 0. The van der Waals surface area contributed by atoms with E-state index in [9.17, 15) is 4.39 Å². The molecule has 0 fully saturated rings. The molecule has 0 aliphatic carbocycles. The molecule has 8 heteroatoms. The Hall–Kier alpha value is -3.73. The Kier molecular flexibility index (Phi) is 3.82. The Balaban J connectivity index is 1.65. The number of fused-ring (bicyclic) bond motifs is 1. The van der Waals surface area contributed by atoms with E-state index in [1.54, 1.807) is 13.1 Å². The number of aromatic nitrogens is 5. The SMILES string of the molecule is CC(C#N)n1cc(-c2nc(Nc3ccc4[nH]ccc4c3)ncc2F)cn1. The highest BCUT2D eigenvalue weighted by Gasteiger charge is 2.14. The quantitative estimate of drug-likeness (QED) is 0.585. The van der Waals surface area contributed by atoms with Gasteiger partial charge in [-0.15, -0.1) is 0 Å². The van der Waals surface area contributed by atoms with Gasteiger partial charge in [0.05, 0.1) is 18.5 Å². The molecule has 0 amide bonds. The molecule has 26 heavy (non-hydrogen) atoms. The summed E-state index contributed by atoms with van der Waals surface area (Å²) in [5.41, 5.74) is 2.43. The number of nitrogens with zero attached hydrogens (tertiary/aromatic N) is 5. The van der Waals surface area contributed by atoms with Crippen molar-refractivity contribution in [2.24, 2.45) is 0 Å². The van der Waals surface area contributed by atoms with Crippen LogP contribution in [0, 0.1) is 17.1 Å². The van der Waals surface area contributed by atoms with Crippen molar-refractivity contribution in [2.75, 3.05) is 5.32 Å². The lowest BCUT2D eigenvalue weighted by molar-refractivity contribution is 0.591. The molecule has 1 aromatic carbocycles. The molecule has 4 rings (SSSR count). The molecular formula is C18H14FN7. The normalized spacial score (nSPS) is 12.0. The summed E-state index contributed by atoms with van der Waals surface area (Å²) in [4.78, 5) is 11.4. The lowest BCUT2D eigenvalue weighted by atomic mass is 10.2. The van der Waals surface area contributed by atoms with Crippen LogP contribution < -0.4 is 5.32 Å². The van der Waals surface area contributed by atoms with Crippen molar-refractivity contribution in [3.05, 3.63) is 54.9 Å². The van der Waals surface area contributed by atoms with E-state index in [0.29, 0.717) is 5.56 Å². The smallest absolute Gasteiger partial charge is 0.227 e. The summed E-state index contributed by atoms with van der Waals surface area (Å²) < 4.78 is 15.7. The zero-order valence-corrected chi connectivity index (χ0v) is 13.8. The largest absolute Gasteiger partial charge is 0.361 e. The van der Waals surface area contributed by atoms with Gasteiger partial charge >= 0.3 is 0 Å². The number of anilines is 2. The first-order valence-corrected chi connectivity index (χ1v) is 7.95. The number of hydrogen-bond donors (Lipinski definition) is 2. The van der Waals surface area contributed by atoms with Crippen LogP contribution in [0.1, 0.15) is 13.0 Å². The molecule has 0 spiro atoms. The van der Waals surface area contributed by atoms with Crippen LogP contribution in [0.25, 0.3) is 22.2 Å². The second kappa shape index (κ2) is 6.29. The van der Waals surface area contributed by atoms with E-state index in [0.717, 1.165) is 22.8 Å². The van der Waals surface area contributed by atoms with Crippen molar-refractivity contribution in [2.45, 2.75) is 13.0 Å². The fourth-order valence-corrected chi connectivity index (χ4v) is 2.62. The molecule has 0 saturated carbocycles. The fourth-order valence-electron chi connectivity index (χ4n) is 2.62. The molecule has 128 valence electrons. The molecule has 1 atom stereocenters. The molecule has 4 aromatic rings. The van der Waals surface area contributed by atoms with Gasteiger partial charge in [-0.25, -0.2) is 14.4 Å². The second-order valence-corrected chi connectivity index (χ2v) is 5.81. The summed E-state index contributed by atoms with van der Waals surface area (Å²) in [6.07, 6.45) is 6.05. The summed E-state index contributed by atoms with van der Waals surface area (Å²) in [7, 11) is 0. The van der Waals surface area contributed by atoms with Crippen molar-refractivity contribution in [1.82, 2.24) is 24.7 Å². The monoisotopic (exact) mass is 347 g/mol. The lowest BCUT2D eigenvalue weighted by Crippen LogP contribution is -2.02. The second-order valence-electron chi connectivity index (χ2n) is 5.81. The number of H-pyrrole nitrogens is 1. The fraction of sp³-hybridized carbons (Fsp3) is 0.111. The summed E-state index contributed by atoms with van der Waals surface area (Å²) in [6.45, 7) is 1.71. The Morgan fingerprint density at radius 3 is 3.04 bits per heavy atom. The molecule has 3 aromatic heterocycles. The first-order valence-electron chi connectivity index (χ1n) is 7.95. The third-order valence-corrected chi connectivity index (χ3v) is 4.01. The van der Waals surface area contributed by atoms with Gasteiger partial charge in [0.15, 0.2) is 5.82 Å². The molecule has 2 N–H and O–H groups in total. The zero-order chi connectivity index (χ0) is 18.1. The van der Waals surface area contributed by atoms with E-state index in [2.05, 4.69) is 31.4 Å². The maximum atomic E-state index is 14.2. The van der Waals surface area contributed by atoms with E-state index in [1.807, 2.05) is 30.5 Å². The van der Waals surface area contributed by atoms with Crippen LogP contribution in [-0.4, -0.2) is 24.7 Å². The third kappa shape index (κ3) is 2.86. The highest BCUT2D eigenvalue weighted by molar-refractivity contribution is 5.83. The average Bonchev–Trinajstić information content (AvgIpc) is 3.31. The maximum Gasteiger partial charge on any atom is 0.227 e. The van der Waals surface area contributed by atoms with Gasteiger partial charge in [0.2, 0.25) is 5.95 Å². The van der Waals surface area contributed by atoms with Crippen LogP contribution in [0.2, 0.25) is 0 Å². The van der Waals surface area contributed by atoms with Crippen LogP contribution in [0.3, 0.4) is 0 Å². The van der Waals surface area contributed by atoms with Crippen LogP contribution in [-0.2, 0) is 0 Å². The number of aromatic amines is 1. The van der Waals surface area contributed by atoms with Crippen molar-refractivity contribution < 1.29 is 4.39 Å². The third-order valence-electron chi connectivity index (χ3n) is 4.01. The number of rotatable bonds is 4. The Bertz CT molecular complexity index is 1120. The highest BCUT2D eigenvalue weighted by atomic mass is 19.1. The number of hydrogen-bond acceptors (Lipinski definition) is 5. The highest BCUT2D eigenvalue weighted by Crippen LogP contribution is 2.24. The van der Waals surface area contributed by atoms with Gasteiger partial charge < -0.3 is 10.3 Å². The number of nitriles is 1. The van der Waals surface area contributed by atoms with Gasteiger partial charge in [-0.1, -0.05) is 0 Å². The standard InChI is InChI=1S/C18H14FN7/c1-11(7-20)26-10-13(8-23-26)17-15(19)9-22-18(25-17)24-14-2-3-16-12(6-14)4-5-21-16/h2-6,8-11,21H,1H3,(H,22,24,25). The minimum absolute atomic E-state index is 0.126. The lowest BCUT2D eigenvalue weighted by Gasteiger charge is -2.07. The molecule has 0 radical (unpaired) electrons.